The SMILES string of the molecule is CCc1ccc(OCc2c(NC(=O)OC)cccc2C2CC2)c(F)c1. The van der Waals surface area contributed by atoms with Gasteiger partial charge in [0.1, 0.15) is 6.61 Å². The van der Waals surface area contributed by atoms with Crippen LogP contribution in [0.1, 0.15) is 42.4 Å². The predicted molar refractivity (Wildman–Crippen MR) is 94.6 cm³/mol. The van der Waals surface area contributed by atoms with Gasteiger partial charge in [-0.1, -0.05) is 25.1 Å². The van der Waals surface area contributed by atoms with Gasteiger partial charge in [-0.25, -0.2) is 9.18 Å². The van der Waals surface area contributed by atoms with Crippen molar-refractivity contribution in [3.05, 3.63) is 58.9 Å². The van der Waals surface area contributed by atoms with Gasteiger partial charge in [0.2, 0.25) is 0 Å². The Balaban J connectivity index is 1.84. The van der Waals surface area contributed by atoms with Gasteiger partial charge in [-0.3, -0.25) is 5.32 Å². The van der Waals surface area contributed by atoms with Crippen molar-refractivity contribution in [2.45, 2.75) is 38.7 Å². The first-order valence-corrected chi connectivity index (χ1v) is 8.50. The van der Waals surface area contributed by atoms with Crippen molar-refractivity contribution < 1.29 is 18.7 Å². The highest BCUT2D eigenvalue weighted by molar-refractivity contribution is 5.86. The molecule has 0 bridgehead atoms. The molecule has 1 fully saturated rings. The minimum Gasteiger partial charge on any atom is -0.486 e. The second-order valence-corrected chi connectivity index (χ2v) is 6.17. The summed E-state index contributed by atoms with van der Waals surface area (Å²) in [6.45, 7) is 2.17. The lowest BCUT2D eigenvalue weighted by Crippen LogP contribution is -2.14. The fourth-order valence-electron chi connectivity index (χ4n) is 2.85. The molecule has 25 heavy (non-hydrogen) atoms. The van der Waals surface area contributed by atoms with Gasteiger partial charge in [-0.2, -0.15) is 0 Å². The number of carbonyl (C=O) groups is 1. The minimum absolute atomic E-state index is 0.189. The van der Waals surface area contributed by atoms with Crippen LogP contribution in [0.15, 0.2) is 36.4 Å². The molecule has 5 heteroatoms. The van der Waals surface area contributed by atoms with Crippen LogP contribution in [0, 0.1) is 5.82 Å². The summed E-state index contributed by atoms with van der Waals surface area (Å²) in [6.07, 6.45) is 2.48. The van der Waals surface area contributed by atoms with Crippen molar-refractivity contribution in [1.82, 2.24) is 0 Å². The predicted octanol–water partition coefficient (Wildman–Crippen LogP) is 5.02. The number of amides is 1. The fourth-order valence-corrected chi connectivity index (χ4v) is 2.85. The Morgan fingerprint density at radius 3 is 2.72 bits per heavy atom. The molecular formula is C20H22FNO3. The van der Waals surface area contributed by atoms with Crippen molar-refractivity contribution in [2.75, 3.05) is 12.4 Å². The van der Waals surface area contributed by atoms with Crippen LogP contribution in [0.3, 0.4) is 0 Å². The van der Waals surface area contributed by atoms with E-state index in [1.165, 1.54) is 13.2 Å². The Kier molecular flexibility index (Phi) is 5.22. The van der Waals surface area contributed by atoms with Crippen LogP contribution in [-0.4, -0.2) is 13.2 Å². The molecule has 1 aliphatic carbocycles. The molecule has 3 rings (SSSR count). The Morgan fingerprint density at radius 2 is 2.08 bits per heavy atom. The smallest absolute Gasteiger partial charge is 0.411 e. The maximum absolute atomic E-state index is 14.2. The highest BCUT2D eigenvalue weighted by Gasteiger charge is 2.27. The maximum Gasteiger partial charge on any atom is 0.411 e. The van der Waals surface area contributed by atoms with Gasteiger partial charge < -0.3 is 9.47 Å². The number of nitrogens with one attached hydrogen (secondary N) is 1. The van der Waals surface area contributed by atoms with E-state index in [2.05, 4.69) is 10.1 Å². The molecule has 0 unspecified atom stereocenters. The van der Waals surface area contributed by atoms with E-state index in [0.29, 0.717) is 11.6 Å². The van der Waals surface area contributed by atoms with E-state index in [1.807, 2.05) is 25.1 Å². The van der Waals surface area contributed by atoms with E-state index < -0.39 is 6.09 Å². The number of aryl methyl sites for hydroxylation is 1. The highest BCUT2D eigenvalue weighted by Crippen LogP contribution is 2.43. The number of benzene rings is 2. The number of rotatable bonds is 6. The molecule has 1 N–H and O–H groups in total. The van der Waals surface area contributed by atoms with Gasteiger partial charge in [-0.05, 0) is 54.5 Å². The lowest BCUT2D eigenvalue weighted by atomic mass is 10.0. The molecule has 0 aromatic heterocycles. The van der Waals surface area contributed by atoms with Gasteiger partial charge in [-0.15, -0.1) is 0 Å². The number of hydrogen-bond acceptors (Lipinski definition) is 3. The van der Waals surface area contributed by atoms with Crippen LogP contribution in [0.4, 0.5) is 14.9 Å². The zero-order chi connectivity index (χ0) is 17.8. The van der Waals surface area contributed by atoms with E-state index in [-0.39, 0.29) is 18.2 Å². The molecule has 0 atom stereocenters. The average molecular weight is 343 g/mol. The summed E-state index contributed by atoms with van der Waals surface area (Å²) in [6, 6.07) is 10.8. The molecular weight excluding hydrogens is 321 g/mol. The van der Waals surface area contributed by atoms with Crippen molar-refractivity contribution in [1.29, 1.82) is 0 Å². The summed E-state index contributed by atoms with van der Waals surface area (Å²) < 4.78 is 24.6. The van der Waals surface area contributed by atoms with E-state index in [4.69, 9.17) is 4.74 Å². The van der Waals surface area contributed by atoms with E-state index in [9.17, 15) is 9.18 Å². The standard InChI is InChI=1S/C20H22FNO3/c1-3-13-7-10-19(17(21)11-13)25-12-16-15(14-8-9-14)5-4-6-18(16)22-20(23)24-2/h4-7,10-11,14H,3,8-9,12H2,1-2H3,(H,22,23). The first kappa shape index (κ1) is 17.3. The average Bonchev–Trinajstić information content (AvgIpc) is 3.46. The highest BCUT2D eigenvalue weighted by atomic mass is 19.1. The Morgan fingerprint density at radius 1 is 1.28 bits per heavy atom. The monoisotopic (exact) mass is 343 g/mol. The maximum atomic E-state index is 14.2. The molecule has 2 aromatic carbocycles. The molecule has 0 heterocycles. The number of hydrogen-bond donors (Lipinski definition) is 1. The van der Waals surface area contributed by atoms with Gasteiger partial charge in [0.15, 0.2) is 11.6 Å². The van der Waals surface area contributed by atoms with Crippen LogP contribution in [0.2, 0.25) is 0 Å². The summed E-state index contributed by atoms with van der Waals surface area (Å²) in [7, 11) is 1.32. The molecule has 0 saturated heterocycles. The quantitative estimate of drug-likeness (QED) is 0.801. The third-order valence-electron chi connectivity index (χ3n) is 4.43. The summed E-state index contributed by atoms with van der Waals surface area (Å²) >= 11 is 0. The molecule has 0 aliphatic heterocycles. The van der Waals surface area contributed by atoms with Crippen molar-refractivity contribution in [3.63, 3.8) is 0 Å². The summed E-state index contributed by atoms with van der Waals surface area (Å²) in [5.41, 5.74) is 3.58. The van der Waals surface area contributed by atoms with Crippen LogP contribution in [-0.2, 0) is 17.8 Å². The van der Waals surface area contributed by atoms with Gasteiger partial charge in [0, 0.05) is 5.56 Å². The number of anilines is 1. The third kappa shape index (κ3) is 4.10. The number of carbonyl (C=O) groups excluding carboxylic acids is 1. The summed E-state index contributed by atoms with van der Waals surface area (Å²) in [5, 5.41) is 2.72. The Bertz CT molecular complexity index is 772. The zero-order valence-corrected chi connectivity index (χ0v) is 14.5. The largest absolute Gasteiger partial charge is 0.486 e. The van der Waals surface area contributed by atoms with Crippen molar-refractivity contribution >= 4 is 11.8 Å². The molecule has 132 valence electrons. The first-order chi connectivity index (χ1) is 12.1. The Labute approximate surface area is 147 Å². The minimum atomic E-state index is -0.535. The van der Waals surface area contributed by atoms with Crippen LogP contribution in [0.25, 0.3) is 0 Å². The first-order valence-electron chi connectivity index (χ1n) is 8.50. The van der Waals surface area contributed by atoms with Crippen LogP contribution >= 0.6 is 0 Å². The topological polar surface area (TPSA) is 47.6 Å². The lowest BCUT2D eigenvalue weighted by molar-refractivity contribution is 0.187. The molecule has 1 amide bonds. The second-order valence-electron chi connectivity index (χ2n) is 6.17. The third-order valence-corrected chi connectivity index (χ3v) is 4.43. The van der Waals surface area contributed by atoms with Crippen LogP contribution in [0.5, 0.6) is 5.75 Å². The van der Waals surface area contributed by atoms with Crippen molar-refractivity contribution in [3.8, 4) is 5.75 Å². The lowest BCUT2D eigenvalue weighted by Gasteiger charge is -2.16. The van der Waals surface area contributed by atoms with Crippen LogP contribution < -0.4 is 10.1 Å². The Hall–Kier alpha value is -2.56. The molecule has 1 aliphatic rings. The van der Waals surface area contributed by atoms with Gasteiger partial charge in [0.05, 0.1) is 12.8 Å². The molecule has 4 nitrogen and oxygen atoms in total. The number of halogens is 1. The number of ether oxygens (including phenoxy) is 2. The molecule has 2 aromatic rings. The van der Waals surface area contributed by atoms with Gasteiger partial charge in [0.25, 0.3) is 0 Å². The van der Waals surface area contributed by atoms with E-state index in [0.717, 1.165) is 36.0 Å². The molecule has 0 radical (unpaired) electrons. The molecule has 0 spiro atoms. The zero-order valence-electron chi connectivity index (χ0n) is 14.5. The normalized spacial score (nSPS) is 13.4. The second kappa shape index (κ2) is 7.55. The summed E-state index contributed by atoms with van der Waals surface area (Å²) in [5.74, 6) is 0.322. The summed E-state index contributed by atoms with van der Waals surface area (Å²) in [4.78, 5) is 11.6. The fraction of sp³-hybridized carbons (Fsp3) is 0.350. The molecule has 1 saturated carbocycles. The van der Waals surface area contributed by atoms with Gasteiger partial charge >= 0.3 is 6.09 Å². The number of methoxy groups -OCH3 is 1. The van der Waals surface area contributed by atoms with E-state index >= 15 is 0 Å². The van der Waals surface area contributed by atoms with Crippen molar-refractivity contribution in [2.24, 2.45) is 0 Å². The van der Waals surface area contributed by atoms with E-state index in [1.54, 1.807) is 12.1 Å².